The SMILES string of the molecule is NC(=NO)c1cccc(N2CCCOCC2)n1. The Kier molecular flexibility index (Phi) is 3.77. The van der Waals surface area contributed by atoms with Crippen molar-refractivity contribution in [1.29, 1.82) is 0 Å². The van der Waals surface area contributed by atoms with Crippen molar-refractivity contribution in [2.24, 2.45) is 10.9 Å². The van der Waals surface area contributed by atoms with Gasteiger partial charge < -0.3 is 20.6 Å². The Balaban J connectivity index is 2.19. The van der Waals surface area contributed by atoms with Crippen LogP contribution in [0.4, 0.5) is 5.82 Å². The maximum atomic E-state index is 8.62. The second kappa shape index (κ2) is 5.49. The van der Waals surface area contributed by atoms with Gasteiger partial charge in [-0.25, -0.2) is 4.98 Å². The summed E-state index contributed by atoms with van der Waals surface area (Å²) in [5.41, 5.74) is 6.00. The molecule has 0 bridgehead atoms. The Hall–Kier alpha value is -1.82. The largest absolute Gasteiger partial charge is 0.409 e. The smallest absolute Gasteiger partial charge is 0.188 e. The molecule has 17 heavy (non-hydrogen) atoms. The van der Waals surface area contributed by atoms with E-state index in [4.69, 9.17) is 15.7 Å². The molecule has 0 aliphatic carbocycles. The van der Waals surface area contributed by atoms with Gasteiger partial charge in [0.25, 0.3) is 0 Å². The first kappa shape index (κ1) is 11.7. The van der Waals surface area contributed by atoms with E-state index in [9.17, 15) is 0 Å². The molecule has 0 saturated carbocycles. The summed E-state index contributed by atoms with van der Waals surface area (Å²) in [7, 11) is 0. The van der Waals surface area contributed by atoms with Crippen LogP contribution in [0.2, 0.25) is 0 Å². The number of nitrogens with zero attached hydrogens (tertiary/aromatic N) is 3. The first-order valence-corrected chi connectivity index (χ1v) is 5.59. The van der Waals surface area contributed by atoms with Crippen molar-refractivity contribution in [3.05, 3.63) is 23.9 Å². The Morgan fingerprint density at radius 3 is 3.12 bits per heavy atom. The van der Waals surface area contributed by atoms with E-state index in [1.54, 1.807) is 6.07 Å². The van der Waals surface area contributed by atoms with Crippen molar-refractivity contribution in [1.82, 2.24) is 4.98 Å². The zero-order valence-electron chi connectivity index (χ0n) is 9.54. The van der Waals surface area contributed by atoms with E-state index < -0.39 is 0 Å². The fourth-order valence-electron chi connectivity index (χ4n) is 1.77. The van der Waals surface area contributed by atoms with Crippen molar-refractivity contribution in [2.45, 2.75) is 6.42 Å². The average Bonchev–Trinajstić information content (AvgIpc) is 2.67. The molecule has 0 unspecified atom stereocenters. The molecule has 1 saturated heterocycles. The third-order valence-corrected chi connectivity index (χ3v) is 2.65. The third kappa shape index (κ3) is 2.85. The summed E-state index contributed by atoms with van der Waals surface area (Å²) in [6, 6.07) is 5.48. The Labute approximate surface area is 99.7 Å². The number of hydrogen-bond donors (Lipinski definition) is 2. The highest BCUT2D eigenvalue weighted by Crippen LogP contribution is 2.13. The first-order chi connectivity index (χ1) is 8.31. The monoisotopic (exact) mass is 236 g/mol. The van der Waals surface area contributed by atoms with Crippen molar-refractivity contribution in [3.8, 4) is 0 Å². The minimum Gasteiger partial charge on any atom is -0.409 e. The van der Waals surface area contributed by atoms with Crippen LogP contribution in [-0.4, -0.2) is 42.3 Å². The maximum absolute atomic E-state index is 8.62. The lowest BCUT2D eigenvalue weighted by atomic mass is 10.3. The van der Waals surface area contributed by atoms with Gasteiger partial charge in [-0.1, -0.05) is 11.2 Å². The second-order valence-corrected chi connectivity index (χ2v) is 3.82. The van der Waals surface area contributed by atoms with Gasteiger partial charge >= 0.3 is 0 Å². The summed E-state index contributed by atoms with van der Waals surface area (Å²) in [5.74, 6) is 0.859. The average molecular weight is 236 g/mol. The molecule has 6 nitrogen and oxygen atoms in total. The van der Waals surface area contributed by atoms with Crippen LogP contribution >= 0.6 is 0 Å². The van der Waals surface area contributed by atoms with Gasteiger partial charge in [0.2, 0.25) is 0 Å². The number of amidine groups is 1. The van der Waals surface area contributed by atoms with E-state index in [1.165, 1.54) is 0 Å². The number of rotatable bonds is 2. The molecule has 1 aromatic heterocycles. The molecule has 1 fully saturated rings. The van der Waals surface area contributed by atoms with Crippen LogP contribution in [0.1, 0.15) is 12.1 Å². The van der Waals surface area contributed by atoms with Crippen LogP contribution in [0.5, 0.6) is 0 Å². The quantitative estimate of drug-likeness (QED) is 0.336. The van der Waals surface area contributed by atoms with Crippen molar-refractivity contribution in [2.75, 3.05) is 31.2 Å². The molecule has 6 heteroatoms. The number of hydrogen-bond acceptors (Lipinski definition) is 5. The van der Waals surface area contributed by atoms with Crippen LogP contribution in [0.15, 0.2) is 23.4 Å². The summed E-state index contributed by atoms with van der Waals surface area (Å²) < 4.78 is 5.39. The highest BCUT2D eigenvalue weighted by atomic mass is 16.5. The van der Waals surface area contributed by atoms with Gasteiger partial charge in [-0.3, -0.25) is 0 Å². The van der Waals surface area contributed by atoms with Crippen LogP contribution in [-0.2, 0) is 4.74 Å². The Bertz CT molecular complexity index is 400. The molecule has 92 valence electrons. The molecule has 0 radical (unpaired) electrons. The third-order valence-electron chi connectivity index (χ3n) is 2.65. The van der Waals surface area contributed by atoms with Crippen molar-refractivity contribution in [3.63, 3.8) is 0 Å². The lowest BCUT2D eigenvalue weighted by Gasteiger charge is -2.20. The fourth-order valence-corrected chi connectivity index (χ4v) is 1.77. The number of aromatic nitrogens is 1. The second-order valence-electron chi connectivity index (χ2n) is 3.82. The summed E-state index contributed by atoms with van der Waals surface area (Å²) in [6.45, 7) is 3.21. The number of anilines is 1. The predicted molar refractivity (Wildman–Crippen MR) is 64.4 cm³/mol. The summed E-state index contributed by atoms with van der Waals surface area (Å²) in [4.78, 5) is 6.50. The minimum absolute atomic E-state index is 0.0259. The Morgan fingerprint density at radius 1 is 1.41 bits per heavy atom. The van der Waals surface area contributed by atoms with E-state index in [-0.39, 0.29) is 5.84 Å². The lowest BCUT2D eigenvalue weighted by molar-refractivity contribution is 0.152. The first-order valence-electron chi connectivity index (χ1n) is 5.59. The standard InChI is InChI=1S/C11H16N4O2/c12-11(14-16)9-3-1-4-10(13-9)15-5-2-7-17-8-6-15/h1,3-4,16H,2,5-8H2,(H2,12,14). The molecule has 0 amide bonds. The maximum Gasteiger partial charge on any atom is 0.188 e. The topological polar surface area (TPSA) is 84.0 Å². The molecule has 1 aliphatic rings. The highest BCUT2D eigenvalue weighted by molar-refractivity contribution is 5.95. The lowest BCUT2D eigenvalue weighted by Crippen LogP contribution is -2.27. The number of nitrogens with two attached hydrogens (primary N) is 1. The molecule has 2 rings (SSSR count). The summed E-state index contributed by atoms with van der Waals surface area (Å²) in [5, 5.41) is 11.6. The van der Waals surface area contributed by atoms with Crippen LogP contribution in [0.3, 0.4) is 0 Å². The number of oxime groups is 1. The van der Waals surface area contributed by atoms with E-state index in [0.717, 1.165) is 31.9 Å². The molecule has 3 N–H and O–H groups in total. The van der Waals surface area contributed by atoms with Crippen molar-refractivity contribution >= 4 is 11.7 Å². The zero-order valence-corrected chi connectivity index (χ0v) is 9.54. The van der Waals surface area contributed by atoms with Gasteiger partial charge in [0.1, 0.15) is 11.5 Å². The van der Waals surface area contributed by atoms with Crippen LogP contribution < -0.4 is 10.6 Å². The fraction of sp³-hybridized carbons (Fsp3) is 0.455. The molecule has 0 atom stereocenters. The molecular weight excluding hydrogens is 220 g/mol. The molecule has 2 heterocycles. The summed E-state index contributed by atoms with van der Waals surface area (Å²) >= 11 is 0. The van der Waals surface area contributed by atoms with Crippen LogP contribution in [0, 0.1) is 0 Å². The normalized spacial score (nSPS) is 17.9. The Morgan fingerprint density at radius 2 is 2.29 bits per heavy atom. The van der Waals surface area contributed by atoms with Gasteiger partial charge in [-0.15, -0.1) is 0 Å². The van der Waals surface area contributed by atoms with E-state index in [2.05, 4.69) is 15.0 Å². The molecule has 0 spiro atoms. The van der Waals surface area contributed by atoms with Gasteiger partial charge in [0.15, 0.2) is 5.84 Å². The molecule has 1 aromatic rings. The van der Waals surface area contributed by atoms with Crippen LogP contribution in [0.25, 0.3) is 0 Å². The van der Waals surface area contributed by atoms with E-state index in [0.29, 0.717) is 12.3 Å². The molecule has 1 aliphatic heterocycles. The number of ether oxygens (including phenoxy) is 1. The van der Waals surface area contributed by atoms with E-state index in [1.807, 2.05) is 12.1 Å². The van der Waals surface area contributed by atoms with Gasteiger partial charge in [-0.2, -0.15) is 0 Å². The molecular formula is C11H16N4O2. The minimum atomic E-state index is 0.0259. The highest BCUT2D eigenvalue weighted by Gasteiger charge is 2.12. The molecule has 0 aromatic carbocycles. The summed E-state index contributed by atoms with van der Waals surface area (Å²) in [6.07, 6.45) is 0.982. The van der Waals surface area contributed by atoms with E-state index >= 15 is 0 Å². The predicted octanol–water partition coefficient (Wildman–Crippen LogP) is 0.403. The van der Waals surface area contributed by atoms with Gasteiger partial charge in [0, 0.05) is 19.7 Å². The van der Waals surface area contributed by atoms with Gasteiger partial charge in [-0.05, 0) is 18.6 Å². The number of pyridine rings is 1. The van der Waals surface area contributed by atoms with Gasteiger partial charge in [0.05, 0.1) is 6.61 Å². The van der Waals surface area contributed by atoms with Crippen molar-refractivity contribution < 1.29 is 9.94 Å². The zero-order chi connectivity index (χ0) is 12.1.